The fraction of sp³-hybridized carbons (Fsp3) is 0.0213. The van der Waals surface area contributed by atoms with E-state index in [0.29, 0.717) is 0 Å². The minimum absolute atomic E-state index is 0.723. The topological polar surface area (TPSA) is 29.0 Å². The molecule has 8 aromatic carbocycles. The fourth-order valence-corrected chi connectivity index (χ4v) is 12.1. The van der Waals surface area contributed by atoms with Crippen LogP contribution in [0.4, 0.5) is 11.6 Å². The van der Waals surface area contributed by atoms with Crippen LogP contribution in [0.1, 0.15) is 5.56 Å². The molecule has 0 fully saturated rings. The SMILES string of the molecule is Cc1ccccc1-c1nc(N2c3c(c4ccccc4c4c3sc3ccccc34)-c3c(ccc4ccccc34)P2c2ccccc2)nc2ccccc12. The zero-order chi connectivity index (χ0) is 34.3. The molecule has 0 N–H and O–H groups in total. The first-order valence-electron chi connectivity index (χ1n) is 17.6. The Morgan fingerprint density at radius 2 is 1.21 bits per heavy atom. The number of fused-ring (bicyclic) bond motifs is 13. The van der Waals surface area contributed by atoms with Crippen molar-refractivity contribution >= 4 is 94.3 Å². The lowest BCUT2D eigenvalue weighted by Crippen LogP contribution is -2.31. The van der Waals surface area contributed by atoms with Gasteiger partial charge in [0.2, 0.25) is 5.95 Å². The first-order valence-corrected chi connectivity index (χ1v) is 19.7. The van der Waals surface area contributed by atoms with Gasteiger partial charge in [0, 0.05) is 48.2 Å². The van der Waals surface area contributed by atoms with Gasteiger partial charge in [0.15, 0.2) is 0 Å². The molecule has 1 aliphatic rings. The van der Waals surface area contributed by atoms with Crippen LogP contribution in [0.2, 0.25) is 0 Å². The minimum Gasteiger partial charge on any atom is -0.278 e. The fourth-order valence-electron chi connectivity index (χ4n) is 8.22. The molecule has 5 heteroatoms. The van der Waals surface area contributed by atoms with E-state index < -0.39 is 8.07 Å². The van der Waals surface area contributed by atoms with E-state index in [2.05, 4.69) is 175 Å². The number of aryl methyl sites for hydroxylation is 1. The van der Waals surface area contributed by atoms with Gasteiger partial charge < -0.3 is 0 Å². The Kier molecular flexibility index (Phi) is 6.61. The van der Waals surface area contributed by atoms with Crippen molar-refractivity contribution in [2.45, 2.75) is 6.92 Å². The Morgan fingerprint density at radius 3 is 2.06 bits per heavy atom. The van der Waals surface area contributed by atoms with Crippen LogP contribution in [-0.2, 0) is 0 Å². The molecule has 1 atom stereocenters. The first-order chi connectivity index (χ1) is 25.7. The van der Waals surface area contributed by atoms with Gasteiger partial charge in [-0.05, 0) is 46.2 Å². The summed E-state index contributed by atoms with van der Waals surface area (Å²) in [5.41, 5.74) is 7.98. The molecule has 1 aliphatic heterocycles. The van der Waals surface area contributed by atoms with Crippen LogP contribution in [0, 0.1) is 6.92 Å². The average Bonchev–Trinajstić information content (AvgIpc) is 3.60. The second-order valence-corrected chi connectivity index (χ2v) is 16.5. The van der Waals surface area contributed by atoms with Crippen molar-refractivity contribution < 1.29 is 0 Å². The Hall–Kier alpha value is -5.93. The third kappa shape index (κ3) is 4.29. The highest BCUT2D eigenvalue weighted by Gasteiger charge is 2.39. The maximum Gasteiger partial charge on any atom is 0.235 e. The summed E-state index contributed by atoms with van der Waals surface area (Å²) in [6, 6.07) is 59.5. The molecule has 244 valence electrons. The Labute approximate surface area is 306 Å². The summed E-state index contributed by atoms with van der Waals surface area (Å²) in [5.74, 6) is 0.723. The van der Waals surface area contributed by atoms with E-state index in [0.717, 1.165) is 28.1 Å². The smallest absolute Gasteiger partial charge is 0.235 e. The van der Waals surface area contributed by atoms with E-state index in [1.807, 2.05) is 11.3 Å². The maximum absolute atomic E-state index is 5.64. The van der Waals surface area contributed by atoms with Crippen LogP contribution in [0.3, 0.4) is 0 Å². The molecule has 10 aromatic rings. The predicted octanol–water partition coefficient (Wildman–Crippen LogP) is 12.4. The summed E-state index contributed by atoms with van der Waals surface area (Å²) in [6.45, 7) is 2.17. The van der Waals surface area contributed by atoms with Crippen LogP contribution < -0.4 is 15.3 Å². The van der Waals surface area contributed by atoms with Crippen LogP contribution in [0.25, 0.3) is 75.0 Å². The summed E-state index contributed by atoms with van der Waals surface area (Å²) < 4.78 is 5.09. The molecule has 1 unspecified atom stereocenters. The highest BCUT2D eigenvalue weighted by Crippen LogP contribution is 2.62. The van der Waals surface area contributed by atoms with Crippen molar-refractivity contribution in [1.82, 2.24) is 9.97 Å². The van der Waals surface area contributed by atoms with Crippen molar-refractivity contribution in [2.75, 3.05) is 4.67 Å². The second kappa shape index (κ2) is 11.5. The highest BCUT2D eigenvalue weighted by molar-refractivity contribution is 7.75. The van der Waals surface area contributed by atoms with Gasteiger partial charge in [-0.3, -0.25) is 4.67 Å². The molecule has 0 saturated heterocycles. The van der Waals surface area contributed by atoms with Gasteiger partial charge in [0.05, 0.1) is 29.7 Å². The van der Waals surface area contributed by atoms with E-state index in [1.54, 1.807) is 0 Å². The number of benzene rings is 8. The number of rotatable bonds is 3. The van der Waals surface area contributed by atoms with Crippen molar-refractivity contribution in [3.05, 3.63) is 169 Å². The second-order valence-electron chi connectivity index (χ2n) is 13.4. The number of anilines is 2. The molecule has 52 heavy (non-hydrogen) atoms. The van der Waals surface area contributed by atoms with Gasteiger partial charge in [-0.1, -0.05) is 152 Å². The molecule has 0 amide bonds. The minimum atomic E-state index is -1.17. The van der Waals surface area contributed by atoms with E-state index in [4.69, 9.17) is 9.97 Å². The summed E-state index contributed by atoms with van der Waals surface area (Å²) >= 11 is 1.89. The van der Waals surface area contributed by atoms with E-state index in [-0.39, 0.29) is 0 Å². The van der Waals surface area contributed by atoms with Gasteiger partial charge in [-0.2, -0.15) is 0 Å². The van der Waals surface area contributed by atoms with Crippen LogP contribution in [0.15, 0.2) is 164 Å². The van der Waals surface area contributed by atoms with Crippen LogP contribution >= 0.6 is 19.4 Å². The van der Waals surface area contributed by atoms with Crippen LogP contribution in [0.5, 0.6) is 0 Å². The number of aromatic nitrogens is 2. The summed E-state index contributed by atoms with van der Waals surface area (Å²) in [4.78, 5) is 11.1. The van der Waals surface area contributed by atoms with E-state index >= 15 is 0 Å². The lowest BCUT2D eigenvalue weighted by molar-refractivity contribution is 1.17. The van der Waals surface area contributed by atoms with Crippen molar-refractivity contribution in [3.63, 3.8) is 0 Å². The monoisotopic (exact) mass is 699 g/mol. The van der Waals surface area contributed by atoms with Crippen molar-refractivity contribution in [2.24, 2.45) is 0 Å². The average molecular weight is 700 g/mol. The number of para-hydroxylation sites is 1. The van der Waals surface area contributed by atoms with E-state index in [9.17, 15) is 0 Å². The molecule has 0 spiro atoms. The summed E-state index contributed by atoms with van der Waals surface area (Å²) in [6.07, 6.45) is 0. The molecule has 3 nitrogen and oxygen atoms in total. The molecule has 2 aromatic heterocycles. The summed E-state index contributed by atoms with van der Waals surface area (Å²) in [5, 5.41) is 11.3. The Bertz CT molecular complexity index is 3060. The van der Waals surface area contributed by atoms with Crippen molar-refractivity contribution in [3.8, 4) is 22.4 Å². The zero-order valence-corrected chi connectivity index (χ0v) is 30.0. The molecular weight excluding hydrogens is 670 g/mol. The molecule has 0 aliphatic carbocycles. The van der Waals surface area contributed by atoms with Gasteiger partial charge >= 0.3 is 0 Å². The summed E-state index contributed by atoms with van der Waals surface area (Å²) in [7, 11) is -1.17. The zero-order valence-electron chi connectivity index (χ0n) is 28.3. The standard InChI is InChI=1S/C47H30N3PS/c1-29-15-5-7-19-32(29)44-36-23-11-13-25-38(36)48-47(49-44)50-45-43(35-22-10-9-21-34(35)41-37-24-12-14-26-40(37)52-46(41)45)42-33-20-8-6-16-30(33)27-28-39(42)51(50)31-17-3-2-4-18-31/h2-28H,1H3. The molecule has 0 radical (unpaired) electrons. The third-order valence-corrected chi connectivity index (χ3v) is 14.1. The lowest BCUT2D eigenvalue weighted by Gasteiger charge is -2.40. The first kappa shape index (κ1) is 29.8. The number of hydrogen-bond donors (Lipinski definition) is 0. The molecule has 11 rings (SSSR count). The third-order valence-electron chi connectivity index (χ3n) is 10.5. The van der Waals surface area contributed by atoms with Crippen LogP contribution in [-0.4, -0.2) is 9.97 Å². The number of hydrogen-bond acceptors (Lipinski definition) is 4. The van der Waals surface area contributed by atoms with Gasteiger partial charge in [0.1, 0.15) is 0 Å². The van der Waals surface area contributed by atoms with Gasteiger partial charge in [-0.25, -0.2) is 9.97 Å². The molecule has 0 saturated carbocycles. The van der Waals surface area contributed by atoms with E-state index in [1.165, 1.54) is 74.7 Å². The van der Waals surface area contributed by atoms with Crippen molar-refractivity contribution in [1.29, 1.82) is 0 Å². The molecule has 0 bridgehead atoms. The molecular formula is C47H30N3PS. The lowest BCUT2D eigenvalue weighted by atomic mass is 9.90. The Balaban J connectivity index is 1.37. The number of thiophene rings is 1. The highest BCUT2D eigenvalue weighted by atomic mass is 32.1. The van der Waals surface area contributed by atoms with Gasteiger partial charge in [0.25, 0.3) is 0 Å². The van der Waals surface area contributed by atoms with Gasteiger partial charge in [-0.15, -0.1) is 11.3 Å². The largest absolute Gasteiger partial charge is 0.278 e. The molecule has 3 heterocycles. The Morgan fingerprint density at radius 1 is 0.538 bits per heavy atom. The number of nitrogens with zero attached hydrogens (tertiary/aromatic N) is 3. The predicted molar refractivity (Wildman–Crippen MR) is 224 cm³/mol. The normalized spacial score (nSPS) is 14.0. The maximum atomic E-state index is 5.64. The quantitative estimate of drug-likeness (QED) is 0.172.